The van der Waals surface area contributed by atoms with Gasteiger partial charge in [0.25, 0.3) is 0 Å². The third kappa shape index (κ3) is 4.33. The molecule has 0 aliphatic heterocycles. The molecule has 1 aromatic carbocycles. The molecule has 1 nitrogen and oxygen atoms in total. The summed E-state index contributed by atoms with van der Waals surface area (Å²) < 4.78 is 1.17. The van der Waals surface area contributed by atoms with Crippen molar-refractivity contribution in [2.75, 3.05) is 6.54 Å². The molecule has 20 heavy (non-hydrogen) atoms. The van der Waals surface area contributed by atoms with Gasteiger partial charge >= 0.3 is 0 Å². The Hall–Kier alpha value is -0.340. The van der Waals surface area contributed by atoms with Crippen molar-refractivity contribution < 1.29 is 0 Å². The Balaban J connectivity index is 2.01. The minimum atomic E-state index is 0.635. The molecular weight excluding hydrogens is 310 g/mol. The van der Waals surface area contributed by atoms with Crippen LogP contribution < -0.4 is 5.32 Å². The van der Waals surface area contributed by atoms with Crippen LogP contribution in [0.1, 0.15) is 45.6 Å². The van der Waals surface area contributed by atoms with Crippen LogP contribution in [0.15, 0.2) is 28.7 Å². The van der Waals surface area contributed by atoms with Crippen molar-refractivity contribution in [3.63, 3.8) is 0 Å². The molecule has 1 aliphatic rings. The van der Waals surface area contributed by atoms with Gasteiger partial charge in [0.15, 0.2) is 0 Å². The van der Waals surface area contributed by atoms with E-state index in [0.29, 0.717) is 6.04 Å². The largest absolute Gasteiger partial charge is 0.314 e. The number of likely N-dealkylation sites (N-methyl/N-ethyl adjacent to an activating group) is 1. The summed E-state index contributed by atoms with van der Waals surface area (Å²) in [5.41, 5.74) is 1.45. The highest BCUT2D eigenvalue weighted by molar-refractivity contribution is 9.10. The Morgan fingerprint density at radius 1 is 1.15 bits per heavy atom. The first-order chi connectivity index (χ1) is 9.60. The van der Waals surface area contributed by atoms with Gasteiger partial charge in [-0.1, -0.05) is 55.3 Å². The van der Waals surface area contributed by atoms with Crippen LogP contribution in [0.25, 0.3) is 0 Å². The van der Waals surface area contributed by atoms with Crippen LogP contribution in [0.4, 0.5) is 0 Å². The molecule has 0 spiro atoms. The van der Waals surface area contributed by atoms with E-state index in [1.165, 1.54) is 29.3 Å². The van der Waals surface area contributed by atoms with E-state index in [1.807, 2.05) is 0 Å². The molecular formula is C18H28BrN. The van der Waals surface area contributed by atoms with Gasteiger partial charge in [0.1, 0.15) is 0 Å². The molecule has 0 heterocycles. The maximum Gasteiger partial charge on any atom is 0.0175 e. The molecule has 0 radical (unpaired) electrons. The third-order valence-electron chi connectivity index (χ3n) is 5.04. The standard InChI is InChI=1S/C18H28BrN/c1-4-20-18(12-15-6-9-17(19)10-7-15)16-8-5-13(2)14(3)11-16/h6-7,9-10,13-14,16,18,20H,4-5,8,11-12H2,1-3H3. The molecule has 1 N–H and O–H groups in total. The second kappa shape index (κ2) is 7.61. The van der Waals surface area contributed by atoms with Gasteiger partial charge in [0, 0.05) is 10.5 Å². The summed E-state index contributed by atoms with van der Waals surface area (Å²) in [5, 5.41) is 3.74. The maximum absolute atomic E-state index is 3.74. The van der Waals surface area contributed by atoms with Gasteiger partial charge in [0.2, 0.25) is 0 Å². The summed E-state index contributed by atoms with van der Waals surface area (Å²) in [6, 6.07) is 9.46. The quantitative estimate of drug-likeness (QED) is 0.793. The molecule has 0 bridgehead atoms. The molecule has 1 saturated carbocycles. The first-order valence-corrected chi connectivity index (χ1v) is 8.87. The fourth-order valence-electron chi connectivity index (χ4n) is 3.50. The fourth-order valence-corrected chi connectivity index (χ4v) is 3.76. The normalized spacial score (nSPS) is 28.3. The van der Waals surface area contributed by atoms with E-state index in [9.17, 15) is 0 Å². The molecule has 4 atom stereocenters. The minimum Gasteiger partial charge on any atom is -0.314 e. The first kappa shape index (κ1) is 16.0. The molecule has 0 saturated heterocycles. The van der Waals surface area contributed by atoms with Gasteiger partial charge in [-0.25, -0.2) is 0 Å². The van der Waals surface area contributed by atoms with Crippen molar-refractivity contribution in [2.24, 2.45) is 17.8 Å². The van der Waals surface area contributed by atoms with Gasteiger partial charge in [-0.2, -0.15) is 0 Å². The summed E-state index contributed by atoms with van der Waals surface area (Å²) in [4.78, 5) is 0. The van der Waals surface area contributed by atoms with Crippen molar-refractivity contribution in [2.45, 2.75) is 52.5 Å². The van der Waals surface area contributed by atoms with Gasteiger partial charge in [-0.3, -0.25) is 0 Å². The number of halogens is 1. The van der Waals surface area contributed by atoms with Gasteiger partial charge in [-0.05, 0) is 61.3 Å². The van der Waals surface area contributed by atoms with Crippen LogP contribution in [-0.4, -0.2) is 12.6 Å². The Labute approximate surface area is 132 Å². The highest BCUT2D eigenvalue weighted by atomic mass is 79.9. The monoisotopic (exact) mass is 337 g/mol. The molecule has 1 fully saturated rings. The molecule has 2 heteroatoms. The Morgan fingerprint density at radius 2 is 1.85 bits per heavy atom. The highest BCUT2D eigenvalue weighted by Crippen LogP contribution is 2.35. The minimum absolute atomic E-state index is 0.635. The lowest BCUT2D eigenvalue weighted by atomic mass is 9.72. The summed E-state index contributed by atoms with van der Waals surface area (Å²) in [7, 11) is 0. The SMILES string of the molecule is CCNC(Cc1ccc(Br)cc1)C1CCC(C)C(C)C1. The number of rotatable bonds is 5. The van der Waals surface area contributed by atoms with Crippen LogP contribution in [-0.2, 0) is 6.42 Å². The Morgan fingerprint density at radius 3 is 2.45 bits per heavy atom. The van der Waals surface area contributed by atoms with Gasteiger partial charge < -0.3 is 5.32 Å². The lowest BCUT2D eigenvalue weighted by Crippen LogP contribution is -2.41. The van der Waals surface area contributed by atoms with Gasteiger partial charge in [0.05, 0.1) is 0 Å². The zero-order chi connectivity index (χ0) is 14.5. The number of hydrogen-bond donors (Lipinski definition) is 1. The third-order valence-corrected chi connectivity index (χ3v) is 5.57. The molecule has 0 amide bonds. The van der Waals surface area contributed by atoms with Crippen molar-refractivity contribution in [3.05, 3.63) is 34.3 Å². The van der Waals surface area contributed by atoms with Crippen LogP contribution >= 0.6 is 15.9 Å². The number of nitrogens with one attached hydrogen (secondary N) is 1. The van der Waals surface area contributed by atoms with E-state index >= 15 is 0 Å². The maximum atomic E-state index is 3.74. The molecule has 0 aromatic heterocycles. The molecule has 1 aliphatic carbocycles. The summed E-state index contributed by atoms with van der Waals surface area (Å²) in [6.45, 7) is 8.14. The van der Waals surface area contributed by atoms with Gasteiger partial charge in [-0.15, -0.1) is 0 Å². The van der Waals surface area contributed by atoms with E-state index in [2.05, 4.69) is 66.3 Å². The lowest BCUT2D eigenvalue weighted by Gasteiger charge is -2.37. The predicted octanol–water partition coefficient (Wildman–Crippen LogP) is 5.04. The van der Waals surface area contributed by atoms with Crippen LogP contribution in [0, 0.1) is 17.8 Å². The zero-order valence-corrected chi connectivity index (χ0v) is 14.6. The average molecular weight is 338 g/mol. The van der Waals surface area contributed by atoms with Crippen molar-refractivity contribution in [3.8, 4) is 0 Å². The predicted molar refractivity (Wildman–Crippen MR) is 91.0 cm³/mol. The molecule has 4 unspecified atom stereocenters. The van der Waals surface area contributed by atoms with Crippen LogP contribution in [0.2, 0.25) is 0 Å². The van der Waals surface area contributed by atoms with Crippen molar-refractivity contribution in [1.82, 2.24) is 5.32 Å². The van der Waals surface area contributed by atoms with Crippen LogP contribution in [0.3, 0.4) is 0 Å². The smallest absolute Gasteiger partial charge is 0.0175 e. The Bertz CT molecular complexity index is 400. The van der Waals surface area contributed by atoms with Crippen molar-refractivity contribution >= 4 is 15.9 Å². The molecule has 2 rings (SSSR count). The summed E-state index contributed by atoms with van der Waals surface area (Å²) >= 11 is 3.52. The fraction of sp³-hybridized carbons (Fsp3) is 0.667. The van der Waals surface area contributed by atoms with Crippen molar-refractivity contribution in [1.29, 1.82) is 0 Å². The first-order valence-electron chi connectivity index (χ1n) is 8.08. The lowest BCUT2D eigenvalue weighted by molar-refractivity contribution is 0.171. The second-order valence-corrected chi connectivity index (χ2v) is 7.44. The van der Waals surface area contributed by atoms with E-state index in [4.69, 9.17) is 0 Å². The van der Waals surface area contributed by atoms with E-state index in [1.54, 1.807) is 0 Å². The summed E-state index contributed by atoms with van der Waals surface area (Å²) in [6.07, 6.45) is 5.33. The topological polar surface area (TPSA) is 12.0 Å². The molecule has 1 aromatic rings. The second-order valence-electron chi connectivity index (χ2n) is 6.52. The van der Waals surface area contributed by atoms with Crippen LogP contribution in [0.5, 0.6) is 0 Å². The van der Waals surface area contributed by atoms with E-state index in [-0.39, 0.29) is 0 Å². The van der Waals surface area contributed by atoms with E-state index < -0.39 is 0 Å². The molecule has 112 valence electrons. The Kier molecular flexibility index (Phi) is 6.10. The average Bonchev–Trinajstić information content (AvgIpc) is 2.44. The highest BCUT2D eigenvalue weighted by Gasteiger charge is 2.29. The zero-order valence-electron chi connectivity index (χ0n) is 13.0. The number of hydrogen-bond acceptors (Lipinski definition) is 1. The summed E-state index contributed by atoms with van der Waals surface area (Å²) in [5.74, 6) is 2.62. The number of benzene rings is 1. The van der Waals surface area contributed by atoms with E-state index in [0.717, 1.165) is 30.7 Å².